The summed E-state index contributed by atoms with van der Waals surface area (Å²) in [6, 6.07) is 37.0. The molecule has 0 atom stereocenters. The van der Waals surface area contributed by atoms with Crippen molar-refractivity contribution in [2.45, 2.75) is 19.3 Å². The van der Waals surface area contributed by atoms with E-state index >= 15 is 0 Å². The van der Waals surface area contributed by atoms with Crippen LogP contribution in [0.15, 0.2) is 114 Å². The molecule has 0 unspecified atom stereocenters. The lowest BCUT2D eigenvalue weighted by molar-refractivity contribution is 0.637. The van der Waals surface area contributed by atoms with Crippen LogP contribution in [0, 0.1) is 0 Å². The summed E-state index contributed by atoms with van der Waals surface area (Å²) in [5.41, 5.74) is 11.9. The van der Waals surface area contributed by atoms with Crippen LogP contribution in [-0.4, -0.2) is 19.2 Å². The highest BCUT2D eigenvalue weighted by molar-refractivity contribution is 6.27. The maximum Gasteiger partial charge on any atom is 0.249 e. The Hall–Kier alpha value is -5.42. The van der Waals surface area contributed by atoms with Crippen molar-refractivity contribution in [3.05, 3.63) is 120 Å². The van der Waals surface area contributed by atoms with Crippen LogP contribution in [0.2, 0.25) is 0 Å². The predicted octanol–water partition coefficient (Wildman–Crippen LogP) is 9.19. The van der Waals surface area contributed by atoms with E-state index in [0.717, 1.165) is 27.8 Å². The summed E-state index contributed by atoms with van der Waals surface area (Å²) in [7, 11) is 0. The Morgan fingerprint density at radius 2 is 1.52 bits per heavy atom. The fourth-order valence-electron chi connectivity index (χ4n) is 7.63. The van der Waals surface area contributed by atoms with E-state index in [1.165, 1.54) is 54.8 Å². The summed E-state index contributed by atoms with van der Waals surface area (Å²) in [5.74, 6) is 0. The lowest BCUT2D eigenvalue weighted by Crippen LogP contribution is -2.16. The van der Waals surface area contributed by atoms with Crippen molar-refractivity contribution in [1.29, 1.82) is 0 Å². The minimum atomic E-state index is -0.180. The average Bonchev–Trinajstić information content (AvgIpc) is 3.73. The van der Waals surface area contributed by atoms with Crippen LogP contribution in [0.3, 0.4) is 0 Å². The Bertz CT molecular complexity index is 2610. The van der Waals surface area contributed by atoms with E-state index in [-0.39, 0.29) is 5.41 Å². The number of imidazole rings is 1. The molecule has 5 heteroatoms. The van der Waals surface area contributed by atoms with Gasteiger partial charge in [-0.3, -0.25) is 0 Å². The van der Waals surface area contributed by atoms with Gasteiger partial charge in [0.25, 0.3) is 0 Å². The molecule has 0 amide bonds. The zero-order valence-electron chi connectivity index (χ0n) is 23.1. The molecule has 0 N–H and O–H groups in total. The first-order chi connectivity index (χ1) is 20.6. The number of nitrogens with zero attached hydrogens (tertiary/aromatic N) is 4. The molecule has 5 nitrogen and oxygen atoms in total. The topological polar surface area (TPSA) is 48.3 Å². The Balaban J connectivity index is 1.41. The molecule has 0 saturated heterocycles. The van der Waals surface area contributed by atoms with Crippen LogP contribution in [0.25, 0.3) is 77.2 Å². The molecule has 5 aromatic carbocycles. The fourth-order valence-corrected chi connectivity index (χ4v) is 7.63. The van der Waals surface area contributed by atoms with Gasteiger partial charge in [0.05, 0.1) is 16.4 Å². The second-order valence-corrected chi connectivity index (χ2v) is 11.9. The Morgan fingerprint density at radius 1 is 0.738 bits per heavy atom. The molecule has 0 saturated carbocycles. The van der Waals surface area contributed by atoms with Crippen LogP contribution in [0.4, 0.5) is 0 Å². The van der Waals surface area contributed by atoms with Crippen molar-refractivity contribution in [3.63, 3.8) is 0 Å². The molecule has 42 heavy (non-hydrogen) atoms. The molecule has 0 spiro atoms. The van der Waals surface area contributed by atoms with E-state index < -0.39 is 0 Å². The molecule has 0 radical (unpaired) electrons. The summed E-state index contributed by atoms with van der Waals surface area (Å²) >= 11 is 0. The van der Waals surface area contributed by atoms with Gasteiger partial charge in [0.2, 0.25) is 5.71 Å². The van der Waals surface area contributed by atoms with E-state index in [2.05, 4.69) is 115 Å². The van der Waals surface area contributed by atoms with Crippen LogP contribution in [0.1, 0.15) is 25.0 Å². The van der Waals surface area contributed by atoms with E-state index in [1.54, 1.807) is 10.7 Å². The van der Waals surface area contributed by atoms with Gasteiger partial charge < -0.3 is 8.98 Å². The molecule has 1 aliphatic carbocycles. The molecule has 198 valence electrons. The van der Waals surface area contributed by atoms with Gasteiger partial charge in [0, 0.05) is 28.1 Å². The number of furan rings is 1. The van der Waals surface area contributed by atoms with E-state index in [1.807, 2.05) is 12.1 Å². The SMILES string of the molecule is CC1(C)c2ccccc2-c2c1c1c(c3ccccc23)c2ccccc2n1-c1ccc2oc3c(nc4cccnn43)c2c1. The third-order valence-electron chi connectivity index (χ3n) is 9.36. The van der Waals surface area contributed by atoms with Gasteiger partial charge in [-0.15, -0.1) is 0 Å². The van der Waals surface area contributed by atoms with Crippen molar-refractivity contribution >= 4 is 60.4 Å². The monoisotopic (exact) mass is 540 g/mol. The van der Waals surface area contributed by atoms with Gasteiger partial charge in [-0.05, 0) is 69.4 Å². The van der Waals surface area contributed by atoms with Gasteiger partial charge in [-0.1, -0.05) is 80.6 Å². The first-order valence-electron chi connectivity index (χ1n) is 14.4. The molecule has 10 rings (SSSR count). The van der Waals surface area contributed by atoms with E-state index in [4.69, 9.17) is 9.40 Å². The standard InChI is InChI=1S/C37H24N4O/c1-37(2)27-14-7-5-12-24(27)31-22-10-3-4-11-23(22)32-25-13-6-8-15-28(25)40(35(32)33(31)37)21-17-18-29-26(20-21)34-36(42-29)41-30(39-34)16-9-19-38-41/h3-20H,1-2H3. The maximum atomic E-state index is 6.29. The first kappa shape index (κ1) is 22.3. The van der Waals surface area contributed by atoms with Crippen molar-refractivity contribution in [2.24, 2.45) is 0 Å². The van der Waals surface area contributed by atoms with Crippen LogP contribution < -0.4 is 0 Å². The molecule has 9 aromatic rings. The van der Waals surface area contributed by atoms with Crippen LogP contribution in [-0.2, 0) is 5.41 Å². The number of hydrogen-bond acceptors (Lipinski definition) is 3. The molecular formula is C37H24N4O. The lowest BCUT2D eigenvalue weighted by atomic mass is 9.80. The zero-order valence-corrected chi connectivity index (χ0v) is 23.1. The number of hydrogen-bond donors (Lipinski definition) is 0. The molecule has 0 bridgehead atoms. The van der Waals surface area contributed by atoms with Crippen molar-refractivity contribution in [2.75, 3.05) is 0 Å². The minimum absolute atomic E-state index is 0.180. The Kier molecular flexibility index (Phi) is 3.95. The molecule has 0 fully saturated rings. The number of benzene rings is 5. The van der Waals surface area contributed by atoms with E-state index in [9.17, 15) is 0 Å². The molecular weight excluding hydrogens is 516 g/mol. The van der Waals surface area contributed by atoms with Crippen molar-refractivity contribution in [3.8, 4) is 16.8 Å². The first-order valence-corrected chi connectivity index (χ1v) is 14.4. The maximum absolute atomic E-state index is 6.29. The molecule has 4 aromatic heterocycles. The number of fused-ring (bicyclic) bond motifs is 15. The lowest BCUT2D eigenvalue weighted by Gasteiger charge is -2.24. The average molecular weight is 541 g/mol. The summed E-state index contributed by atoms with van der Waals surface area (Å²) in [6.45, 7) is 4.75. The second kappa shape index (κ2) is 7.45. The zero-order chi connectivity index (χ0) is 27.7. The number of aromatic nitrogens is 4. The summed E-state index contributed by atoms with van der Waals surface area (Å²) in [4.78, 5) is 4.90. The quantitative estimate of drug-likeness (QED) is 0.209. The summed E-state index contributed by atoms with van der Waals surface area (Å²) in [6.07, 6.45) is 1.76. The largest absolute Gasteiger partial charge is 0.436 e. The van der Waals surface area contributed by atoms with E-state index in [0.29, 0.717) is 5.71 Å². The highest BCUT2D eigenvalue weighted by Gasteiger charge is 2.40. The van der Waals surface area contributed by atoms with Crippen LogP contribution in [0.5, 0.6) is 0 Å². The van der Waals surface area contributed by atoms with Gasteiger partial charge in [0.15, 0.2) is 5.65 Å². The number of rotatable bonds is 1. The minimum Gasteiger partial charge on any atom is -0.436 e. The third kappa shape index (κ3) is 2.55. The van der Waals surface area contributed by atoms with Crippen LogP contribution >= 0.6 is 0 Å². The Morgan fingerprint density at radius 3 is 2.43 bits per heavy atom. The van der Waals surface area contributed by atoms with Gasteiger partial charge in [-0.2, -0.15) is 9.61 Å². The third-order valence-corrected chi connectivity index (χ3v) is 9.36. The fraction of sp³-hybridized carbons (Fsp3) is 0.0811. The predicted molar refractivity (Wildman–Crippen MR) is 170 cm³/mol. The highest BCUT2D eigenvalue weighted by Crippen LogP contribution is 2.56. The van der Waals surface area contributed by atoms with Gasteiger partial charge in [0.1, 0.15) is 11.1 Å². The highest BCUT2D eigenvalue weighted by atomic mass is 16.3. The summed E-state index contributed by atoms with van der Waals surface area (Å²) < 4.78 is 10.5. The normalized spacial score (nSPS) is 14.1. The molecule has 1 aliphatic rings. The van der Waals surface area contributed by atoms with Crippen molar-refractivity contribution in [1.82, 2.24) is 19.2 Å². The molecule has 4 heterocycles. The molecule has 0 aliphatic heterocycles. The van der Waals surface area contributed by atoms with Gasteiger partial charge >= 0.3 is 0 Å². The van der Waals surface area contributed by atoms with Crippen molar-refractivity contribution < 1.29 is 4.42 Å². The number of para-hydroxylation sites is 1. The Labute approximate surface area is 240 Å². The van der Waals surface area contributed by atoms with Gasteiger partial charge in [-0.25, -0.2) is 4.98 Å². The second-order valence-electron chi connectivity index (χ2n) is 11.9. The smallest absolute Gasteiger partial charge is 0.249 e. The summed E-state index contributed by atoms with van der Waals surface area (Å²) in [5, 5.41) is 10.6.